The summed E-state index contributed by atoms with van der Waals surface area (Å²) >= 11 is 1.65. The van der Waals surface area contributed by atoms with Crippen molar-refractivity contribution < 1.29 is 0 Å². The Bertz CT molecular complexity index is 521. The molecule has 0 aliphatic rings. The number of thiophene rings is 1. The third-order valence-electron chi connectivity index (χ3n) is 2.01. The molecule has 62 valence electrons. The highest BCUT2D eigenvalue weighted by Crippen LogP contribution is 2.21. The van der Waals surface area contributed by atoms with Crippen LogP contribution in [-0.4, -0.2) is 9.97 Å². The summed E-state index contributed by atoms with van der Waals surface area (Å²) in [6.45, 7) is 0. The van der Waals surface area contributed by atoms with Crippen molar-refractivity contribution in [3.8, 4) is 0 Å². The molecule has 0 aliphatic carbocycles. The van der Waals surface area contributed by atoms with Crippen LogP contribution in [0.25, 0.3) is 21.3 Å². The van der Waals surface area contributed by atoms with E-state index in [2.05, 4.69) is 27.5 Å². The minimum absolute atomic E-state index is 0.831. The Kier molecular flexibility index (Phi) is 1.34. The van der Waals surface area contributed by atoms with E-state index < -0.39 is 0 Å². The van der Waals surface area contributed by atoms with Crippen molar-refractivity contribution in [2.24, 2.45) is 0 Å². The first kappa shape index (κ1) is 6.97. The highest BCUT2D eigenvalue weighted by Gasteiger charge is 1.99. The molecule has 0 unspecified atom stereocenters. The smallest absolute Gasteiger partial charge is 0.160 e. The fourth-order valence-corrected chi connectivity index (χ4v) is 2.14. The van der Waals surface area contributed by atoms with Gasteiger partial charge in [-0.1, -0.05) is 0 Å². The molecule has 0 aromatic carbocycles. The highest BCUT2D eigenvalue weighted by molar-refractivity contribution is 7.16. The van der Waals surface area contributed by atoms with Gasteiger partial charge in [0, 0.05) is 17.0 Å². The predicted molar refractivity (Wildman–Crippen MR) is 54.9 cm³/mol. The number of fused-ring (bicyclic) bond motifs is 2. The van der Waals surface area contributed by atoms with E-state index >= 15 is 0 Å². The average molecular weight is 186 g/mol. The zero-order valence-corrected chi connectivity index (χ0v) is 7.58. The van der Waals surface area contributed by atoms with Gasteiger partial charge in [-0.2, -0.15) is 0 Å². The number of hydrogen-bond donors (Lipinski definition) is 0. The van der Waals surface area contributed by atoms with Crippen molar-refractivity contribution in [1.82, 2.24) is 9.97 Å². The standard InChI is InChI=1S/C10H6N2S/c1-2-7-6-8-3-5-13-10(8)12-9(7)11-4-1/h1-6H. The summed E-state index contributed by atoms with van der Waals surface area (Å²) in [5, 5.41) is 4.36. The van der Waals surface area contributed by atoms with Crippen LogP contribution in [0, 0.1) is 0 Å². The van der Waals surface area contributed by atoms with Crippen molar-refractivity contribution in [2.75, 3.05) is 0 Å². The van der Waals surface area contributed by atoms with Gasteiger partial charge in [0.25, 0.3) is 0 Å². The third-order valence-corrected chi connectivity index (χ3v) is 2.83. The van der Waals surface area contributed by atoms with Crippen molar-refractivity contribution >= 4 is 32.6 Å². The molecule has 0 spiro atoms. The van der Waals surface area contributed by atoms with Crippen LogP contribution in [0.2, 0.25) is 0 Å². The van der Waals surface area contributed by atoms with Crippen LogP contribution in [0.1, 0.15) is 0 Å². The van der Waals surface area contributed by atoms with Gasteiger partial charge < -0.3 is 0 Å². The summed E-state index contributed by atoms with van der Waals surface area (Å²) in [7, 11) is 0. The third kappa shape index (κ3) is 1.01. The molecular formula is C10H6N2S. The topological polar surface area (TPSA) is 25.8 Å². The predicted octanol–water partition coefficient (Wildman–Crippen LogP) is 2.84. The van der Waals surface area contributed by atoms with E-state index in [9.17, 15) is 0 Å². The number of nitrogens with zero attached hydrogens (tertiary/aromatic N) is 2. The fraction of sp³-hybridized carbons (Fsp3) is 0. The fourth-order valence-electron chi connectivity index (χ4n) is 1.39. The SMILES string of the molecule is c1cnc2nc3sccc3cc2c1. The Morgan fingerprint density at radius 3 is 3.15 bits per heavy atom. The number of hydrogen-bond acceptors (Lipinski definition) is 3. The summed E-state index contributed by atoms with van der Waals surface area (Å²) in [5.74, 6) is 0. The lowest BCUT2D eigenvalue weighted by molar-refractivity contribution is 1.34. The quantitative estimate of drug-likeness (QED) is 0.539. The van der Waals surface area contributed by atoms with E-state index in [-0.39, 0.29) is 0 Å². The van der Waals surface area contributed by atoms with Gasteiger partial charge in [0.15, 0.2) is 5.65 Å². The molecule has 3 aromatic rings. The molecule has 0 N–H and O–H groups in total. The van der Waals surface area contributed by atoms with E-state index in [1.54, 1.807) is 17.5 Å². The van der Waals surface area contributed by atoms with Gasteiger partial charge in [-0.15, -0.1) is 11.3 Å². The van der Waals surface area contributed by atoms with Gasteiger partial charge in [-0.25, -0.2) is 9.97 Å². The molecule has 0 atom stereocenters. The average Bonchev–Trinajstić information content (AvgIpc) is 2.61. The van der Waals surface area contributed by atoms with Gasteiger partial charge in [-0.05, 0) is 29.6 Å². The van der Waals surface area contributed by atoms with Crippen molar-refractivity contribution in [3.05, 3.63) is 35.8 Å². The summed E-state index contributed by atoms with van der Waals surface area (Å²) in [6, 6.07) is 8.18. The monoisotopic (exact) mass is 186 g/mol. The Balaban J connectivity index is 2.57. The van der Waals surface area contributed by atoms with Crippen molar-refractivity contribution in [2.45, 2.75) is 0 Å². The van der Waals surface area contributed by atoms with E-state index in [4.69, 9.17) is 0 Å². The molecule has 0 aliphatic heterocycles. The zero-order chi connectivity index (χ0) is 8.67. The van der Waals surface area contributed by atoms with Crippen molar-refractivity contribution in [3.63, 3.8) is 0 Å². The second-order valence-electron chi connectivity index (χ2n) is 2.85. The lowest BCUT2D eigenvalue weighted by Gasteiger charge is -1.94. The minimum Gasteiger partial charge on any atom is -0.237 e. The summed E-state index contributed by atoms with van der Waals surface area (Å²) < 4.78 is 0. The van der Waals surface area contributed by atoms with E-state index in [0.29, 0.717) is 0 Å². The van der Waals surface area contributed by atoms with Crippen LogP contribution in [-0.2, 0) is 0 Å². The van der Waals surface area contributed by atoms with Crippen LogP contribution in [0.15, 0.2) is 35.8 Å². The van der Waals surface area contributed by atoms with E-state index in [1.165, 1.54) is 5.39 Å². The van der Waals surface area contributed by atoms with Crippen LogP contribution in [0.3, 0.4) is 0 Å². The number of aromatic nitrogens is 2. The number of pyridine rings is 2. The Morgan fingerprint density at radius 1 is 1.15 bits per heavy atom. The van der Waals surface area contributed by atoms with Gasteiger partial charge in [-0.3, -0.25) is 0 Å². The molecule has 0 fully saturated rings. The van der Waals surface area contributed by atoms with E-state index in [1.807, 2.05) is 12.1 Å². The second-order valence-corrected chi connectivity index (χ2v) is 3.75. The van der Waals surface area contributed by atoms with Crippen molar-refractivity contribution in [1.29, 1.82) is 0 Å². The van der Waals surface area contributed by atoms with Gasteiger partial charge in [0.1, 0.15) is 4.83 Å². The van der Waals surface area contributed by atoms with Crippen LogP contribution in [0.5, 0.6) is 0 Å². The van der Waals surface area contributed by atoms with Gasteiger partial charge in [0.05, 0.1) is 0 Å². The first-order valence-corrected chi connectivity index (χ1v) is 4.90. The molecule has 0 bridgehead atoms. The van der Waals surface area contributed by atoms with Gasteiger partial charge >= 0.3 is 0 Å². The Morgan fingerprint density at radius 2 is 2.15 bits per heavy atom. The lowest BCUT2D eigenvalue weighted by Crippen LogP contribution is -1.81. The molecule has 0 radical (unpaired) electrons. The highest BCUT2D eigenvalue weighted by atomic mass is 32.1. The molecule has 3 heteroatoms. The van der Waals surface area contributed by atoms with E-state index in [0.717, 1.165) is 15.9 Å². The number of rotatable bonds is 0. The minimum atomic E-state index is 0.831. The molecule has 0 saturated carbocycles. The Hall–Kier alpha value is -1.48. The first-order valence-electron chi connectivity index (χ1n) is 4.02. The molecule has 3 heterocycles. The summed E-state index contributed by atoms with van der Waals surface area (Å²) in [6.07, 6.45) is 1.77. The normalized spacial score (nSPS) is 11.1. The summed E-state index contributed by atoms with van der Waals surface area (Å²) in [4.78, 5) is 9.71. The Labute approximate surface area is 78.9 Å². The van der Waals surface area contributed by atoms with Crippen LogP contribution >= 0.6 is 11.3 Å². The first-order chi connectivity index (χ1) is 6.43. The second kappa shape index (κ2) is 2.50. The molecule has 0 saturated heterocycles. The van der Waals surface area contributed by atoms with Crippen LogP contribution < -0.4 is 0 Å². The van der Waals surface area contributed by atoms with Crippen LogP contribution in [0.4, 0.5) is 0 Å². The maximum absolute atomic E-state index is 4.45. The molecule has 3 rings (SSSR count). The largest absolute Gasteiger partial charge is 0.237 e. The van der Waals surface area contributed by atoms with Gasteiger partial charge in [0.2, 0.25) is 0 Å². The molecular weight excluding hydrogens is 180 g/mol. The lowest BCUT2D eigenvalue weighted by atomic mass is 10.2. The maximum Gasteiger partial charge on any atom is 0.160 e. The molecule has 0 amide bonds. The summed E-state index contributed by atoms with van der Waals surface area (Å²) in [5.41, 5.74) is 0.831. The zero-order valence-electron chi connectivity index (χ0n) is 6.77. The molecule has 2 nitrogen and oxygen atoms in total. The maximum atomic E-state index is 4.45. The molecule has 3 aromatic heterocycles. The molecule has 13 heavy (non-hydrogen) atoms.